The predicted octanol–water partition coefficient (Wildman–Crippen LogP) is 1.97. The van der Waals surface area contributed by atoms with Crippen LogP contribution in [-0.4, -0.2) is 25.1 Å². The Morgan fingerprint density at radius 2 is 2.08 bits per heavy atom. The molecule has 4 saturated heterocycles. The first-order chi connectivity index (χ1) is 6.05. The van der Waals surface area contributed by atoms with E-state index in [2.05, 4.69) is 20.8 Å². The van der Waals surface area contributed by atoms with Crippen molar-refractivity contribution < 1.29 is 9.47 Å². The molecule has 0 radical (unpaired) electrons. The van der Waals surface area contributed by atoms with E-state index in [4.69, 9.17) is 9.47 Å². The highest BCUT2D eigenvalue weighted by Crippen LogP contribution is 2.64. The average molecular weight is 180 g/mol. The van der Waals surface area contributed by atoms with Crippen LogP contribution >= 0.6 is 0 Å². The van der Waals surface area contributed by atoms with Crippen molar-refractivity contribution >= 4 is 6.71 Å². The highest BCUT2D eigenvalue weighted by molar-refractivity contribution is 6.69. The molecule has 13 heavy (non-hydrogen) atoms. The van der Waals surface area contributed by atoms with Crippen LogP contribution in [0.4, 0.5) is 0 Å². The Morgan fingerprint density at radius 3 is 2.77 bits per heavy atom. The third-order valence-electron chi connectivity index (χ3n) is 4.94. The molecule has 0 aromatic carbocycles. The molecular formula is C10H17BO2. The van der Waals surface area contributed by atoms with Crippen molar-refractivity contribution in [3.8, 4) is 0 Å². The molecule has 0 spiro atoms. The smallest absolute Gasteiger partial charge is 0.189 e. The molecular weight excluding hydrogens is 163 g/mol. The zero-order valence-electron chi connectivity index (χ0n) is 8.67. The van der Waals surface area contributed by atoms with Gasteiger partial charge >= 0.3 is 0 Å². The van der Waals surface area contributed by atoms with Crippen LogP contribution in [0.25, 0.3) is 0 Å². The zero-order valence-corrected chi connectivity index (χ0v) is 8.67. The lowest BCUT2D eigenvalue weighted by Gasteiger charge is -2.62. The fraction of sp³-hybridized carbons (Fsp3) is 1.00. The molecule has 3 unspecified atom stereocenters. The molecule has 0 aliphatic carbocycles. The van der Waals surface area contributed by atoms with Crippen LogP contribution in [-0.2, 0) is 9.47 Å². The van der Waals surface area contributed by atoms with E-state index in [1.165, 1.54) is 12.7 Å². The van der Waals surface area contributed by atoms with Gasteiger partial charge in [0.15, 0.2) is 6.71 Å². The molecule has 4 fully saturated rings. The van der Waals surface area contributed by atoms with E-state index in [9.17, 15) is 0 Å². The first-order valence-corrected chi connectivity index (χ1v) is 5.30. The summed E-state index contributed by atoms with van der Waals surface area (Å²) in [6, 6.07) is 0. The molecule has 0 aromatic rings. The summed E-state index contributed by atoms with van der Waals surface area (Å²) >= 11 is 0. The zero-order chi connectivity index (χ0) is 9.27. The average Bonchev–Trinajstić information content (AvgIpc) is 2.44. The first kappa shape index (κ1) is 8.31. The van der Waals surface area contributed by atoms with E-state index < -0.39 is 0 Å². The molecule has 2 bridgehead atoms. The predicted molar refractivity (Wildman–Crippen MR) is 51.9 cm³/mol. The second-order valence-corrected chi connectivity index (χ2v) is 5.64. The van der Waals surface area contributed by atoms with E-state index >= 15 is 0 Å². The maximum atomic E-state index is 5.81. The summed E-state index contributed by atoms with van der Waals surface area (Å²) in [5, 5.41) is 0.485. The van der Waals surface area contributed by atoms with Crippen molar-refractivity contribution in [2.24, 2.45) is 5.92 Å². The van der Waals surface area contributed by atoms with E-state index in [0.29, 0.717) is 24.9 Å². The van der Waals surface area contributed by atoms with Gasteiger partial charge in [-0.1, -0.05) is 25.5 Å². The van der Waals surface area contributed by atoms with E-state index in [1.54, 1.807) is 0 Å². The maximum Gasteiger partial charge on any atom is 0.189 e. The van der Waals surface area contributed by atoms with Gasteiger partial charge in [-0.25, -0.2) is 0 Å². The van der Waals surface area contributed by atoms with E-state index in [1.807, 2.05) is 0 Å². The maximum absolute atomic E-state index is 5.81. The van der Waals surface area contributed by atoms with Gasteiger partial charge in [-0.3, -0.25) is 0 Å². The highest BCUT2D eigenvalue weighted by atomic mass is 16.7. The van der Waals surface area contributed by atoms with Crippen molar-refractivity contribution in [2.75, 3.05) is 6.79 Å². The summed E-state index contributed by atoms with van der Waals surface area (Å²) in [6.07, 6.45) is 2.94. The lowest BCUT2D eigenvalue weighted by Crippen LogP contribution is -2.69. The highest BCUT2D eigenvalue weighted by Gasteiger charge is 2.68. The number of hydrogen-bond acceptors (Lipinski definition) is 2. The fourth-order valence-electron chi connectivity index (χ4n) is 3.78. The van der Waals surface area contributed by atoms with Gasteiger partial charge in [-0.15, -0.1) is 0 Å². The van der Waals surface area contributed by atoms with Gasteiger partial charge in [0.2, 0.25) is 0 Å². The molecule has 0 saturated carbocycles. The Morgan fingerprint density at radius 1 is 1.31 bits per heavy atom. The Labute approximate surface area is 80.1 Å². The molecule has 0 aromatic heterocycles. The van der Waals surface area contributed by atoms with Crippen molar-refractivity contribution in [3.05, 3.63) is 0 Å². The van der Waals surface area contributed by atoms with E-state index in [0.717, 1.165) is 5.92 Å². The largest absolute Gasteiger partial charge is 0.355 e. The number of hydrogen-bond donors (Lipinski definition) is 0. The van der Waals surface area contributed by atoms with Gasteiger partial charge in [0, 0.05) is 0 Å². The van der Waals surface area contributed by atoms with E-state index in [-0.39, 0.29) is 5.50 Å². The fourth-order valence-corrected chi connectivity index (χ4v) is 3.78. The minimum absolute atomic E-state index is 0.0260. The molecule has 3 heteroatoms. The van der Waals surface area contributed by atoms with Gasteiger partial charge in [0.1, 0.15) is 6.79 Å². The molecule has 4 heterocycles. The van der Waals surface area contributed by atoms with Crippen LogP contribution in [0.3, 0.4) is 0 Å². The van der Waals surface area contributed by atoms with Crippen LogP contribution < -0.4 is 0 Å². The molecule has 72 valence electrons. The number of ether oxygens (including phenoxy) is 2. The minimum Gasteiger partial charge on any atom is -0.355 e. The number of rotatable bonds is 0. The monoisotopic (exact) mass is 180 g/mol. The van der Waals surface area contributed by atoms with Gasteiger partial charge in [-0.05, 0) is 19.3 Å². The van der Waals surface area contributed by atoms with Gasteiger partial charge in [0.25, 0.3) is 0 Å². The Bertz CT molecular complexity index is 253. The van der Waals surface area contributed by atoms with Gasteiger partial charge in [0.05, 0.1) is 11.6 Å². The summed E-state index contributed by atoms with van der Waals surface area (Å²) < 4.78 is 11.4. The first-order valence-electron chi connectivity index (χ1n) is 5.30. The topological polar surface area (TPSA) is 18.5 Å². The standard InChI is InChI=1S/C10H17BO2/c1-9(2)7-4-8-10(3,11(9)5-7)13-6-12-8/h7-8H,4-6H2,1-3H3. The van der Waals surface area contributed by atoms with Crippen LogP contribution in [0.5, 0.6) is 0 Å². The van der Waals surface area contributed by atoms with Crippen LogP contribution in [0.1, 0.15) is 27.2 Å². The van der Waals surface area contributed by atoms with Crippen LogP contribution in [0.2, 0.25) is 11.6 Å². The lowest BCUT2D eigenvalue weighted by molar-refractivity contribution is 0.0325. The van der Waals surface area contributed by atoms with Crippen molar-refractivity contribution in [2.45, 2.75) is 50.4 Å². The SMILES string of the molecule is CC1(C)B2CC1CC1OCOC21C. The van der Waals surface area contributed by atoms with Crippen molar-refractivity contribution in [1.82, 2.24) is 0 Å². The summed E-state index contributed by atoms with van der Waals surface area (Å²) in [5.74, 6) is 0.872. The molecule has 4 rings (SSSR count). The summed E-state index contributed by atoms with van der Waals surface area (Å²) in [4.78, 5) is 0. The van der Waals surface area contributed by atoms with Gasteiger partial charge in [-0.2, -0.15) is 0 Å². The Kier molecular flexibility index (Phi) is 1.37. The summed E-state index contributed by atoms with van der Waals surface area (Å²) in [7, 11) is 0. The third-order valence-corrected chi connectivity index (χ3v) is 4.94. The summed E-state index contributed by atoms with van der Waals surface area (Å²) in [5.41, 5.74) is 0.0260. The second-order valence-electron chi connectivity index (χ2n) is 5.64. The molecule has 0 amide bonds. The van der Waals surface area contributed by atoms with Crippen molar-refractivity contribution in [3.63, 3.8) is 0 Å². The lowest BCUT2D eigenvalue weighted by atomic mass is 9.10. The van der Waals surface area contributed by atoms with Crippen molar-refractivity contribution in [1.29, 1.82) is 0 Å². The Hall–Kier alpha value is -0.0151. The normalized spacial score (nSPS) is 51.5. The minimum atomic E-state index is 0.0260. The molecule has 4 aliphatic heterocycles. The Balaban J connectivity index is 1.97. The quantitative estimate of drug-likeness (QED) is 0.530. The van der Waals surface area contributed by atoms with Gasteiger partial charge < -0.3 is 9.47 Å². The van der Waals surface area contributed by atoms with Crippen LogP contribution in [0.15, 0.2) is 0 Å². The molecule has 3 atom stereocenters. The second kappa shape index (κ2) is 2.14. The molecule has 0 N–H and O–H groups in total. The molecule has 2 nitrogen and oxygen atoms in total. The molecule has 4 aliphatic rings. The van der Waals surface area contributed by atoms with Crippen LogP contribution in [0, 0.1) is 5.92 Å². The summed E-state index contributed by atoms with van der Waals surface area (Å²) in [6.45, 7) is 8.24. The third kappa shape index (κ3) is 0.786.